The zero-order valence-electron chi connectivity index (χ0n) is 16.4. The molecule has 0 saturated carbocycles. The van der Waals surface area contributed by atoms with Crippen LogP contribution in [0.25, 0.3) is 11.3 Å². The van der Waals surface area contributed by atoms with Gasteiger partial charge in [-0.25, -0.2) is 16.8 Å². The van der Waals surface area contributed by atoms with Crippen molar-refractivity contribution in [3.63, 3.8) is 0 Å². The van der Waals surface area contributed by atoms with Gasteiger partial charge in [0.25, 0.3) is 10.0 Å². The minimum absolute atomic E-state index is 0.0199. The third kappa shape index (κ3) is 4.69. The molecule has 0 fully saturated rings. The van der Waals surface area contributed by atoms with Crippen LogP contribution >= 0.6 is 0 Å². The van der Waals surface area contributed by atoms with E-state index in [2.05, 4.69) is 14.9 Å². The number of sulfone groups is 1. The molecule has 0 atom stereocenters. The molecule has 0 aliphatic carbocycles. The summed E-state index contributed by atoms with van der Waals surface area (Å²) in [5.74, 6) is 0.718. The number of aromatic nitrogens is 2. The van der Waals surface area contributed by atoms with Crippen LogP contribution in [0.5, 0.6) is 11.5 Å². The molecule has 30 heavy (non-hydrogen) atoms. The Morgan fingerprint density at radius 3 is 2.00 bits per heavy atom. The number of hydrogen-bond donors (Lipinski definition) is 1. The Labute approximate surface area is 174 Å². The summed E-state index contributed by atoms with van der Waals surface area (Å²) < 4.78 is 61.0. The van der Waals surface area contributed by atoms with Gasteiger partial charge >= 0.3 is 0 Å². The maximum atomic E-state index is 12.7. The molecule has 0 radical (unpaired) electrons. The fourth-order valence-corrected chi connectivity index (χ4v) is 4.16. The van der Waals surface area contributed by atoms with E-state index < -0.39 is 19.9 Å². The van der Waals surface area contributed by atoms with Gasteiger partial charge in [0, 0.05) is 23.6 Å². The van der Waals surface area contributed by atoms with Crippen molar-refractivity contribution in [3.8, 4) is 22.8 Å². The molecular formula is C19H19N3O6S2. The molecule has 1 N–H and O–H groups in total. The predicted octanol–water partition coefficient (Wildman–Crippen LogP) is 2.37. The van der Waals surface area contributed by atoms with Gasteiger partial charge in [0.15, 0.2) is 26.4 Å². The van der Waals surface area contributed by atoms with E-state index in [4.69, 9.17) is 9.47 Å². The van der Waals surface area contributed by atoms with Crippen LogP contribution in [-0.2, 0) is 19.9 Å². The van der Waals surface area contributed by atoms with Gasteiger partial charge in [-0.2, -0.15) is 0 Å². The molecule has 2 aromatic carbocycles. The van der Waals surface area contributed by atoms with Gasteiger partial charge in [-0.15, -0.1) is 10.2 Å². The van der Waals surface area contributed by atoms with Crippen molar-refractivity contribution >= 4 is 25.5 Å². The molecule has 1 heterocycles. The van der Waals surface area contributed by atoms with E-state index in [1.165, 1.54) is 44.6 Å². The zero-order chi connectivity index (χ0) is 21.9. The molecule has 11 heteroatoms. The SMILES string of the molecule is COc1ccc(S(=O)(=O)Nc2ccc(-c3ccc(S(C)(=O)=O)nn3)cc2)cc1OC. The number of benzene rings is 2. The Hall–Kier alpha value is -3.18. The summed E-state index contributed by atoms with van der Waals surface area (Å²) in [5.41, 5.74) is 1.45. The van der Waals surface area contributed by atoms with Crippen LogP contribution in [0.15, 0.2) is 64.5 Å². The van der Waals surface area contributed by atoms with Crippen LogP contribution < -0.4 is 14.2 Å². The Balaban J connectivity index is 1.81. The minimum atomic E-state index is -3.85. The molecule has 0 spiro atoms. The number of nitrogens with one attached hydrogen (secondary N) is 1. The first-order valence-corrected chi connectivity index (χ1v) is 11.9. The summed E-state index contributed by atoms with van der Waals surface area (Å²) in [4.78, 5) is 0.0199. The van der Waals surface area contributed by atoms with Crippen molar-refractivity contribution in [2.24, 2.45) is 0 Å². The van der Waals surface area contributed by atoms with Crippen molar-refractivity contribution in [2.75, 3.05) is 25.2 Å². The summed E-state index contributed by atoms with van der Waals surface area (Å²) >= 11 is 0. The van der Waals surface area contributed by atoms with Crippen LogP contribution in [0.3, 0.4) is 0 Å². The largest absolute Gasteiger partial charge is 0.493 e. The van der Waals surface area contributed by atoms with Gasteiger partial charge in [0.05, 0.1) is 24.8 Å². The molecule has 9 nitrogen and oxygen atoms in total. The lowest BCUT2D eigenvalue weighted by Crippen LogP contribution is -2.13. The van der Waals surface area contributed by atoms with E-state index in [9.17, 15) is 16.8 Å². The number of methoxy groups -OCH3 is 2. The van der Waals surface area contributed by atoms with Crippen molar-refractivity contribution in [1.29, 1.82) is 0 Å². The number of rotatable bonds is 7. The van der Waals surface area contributed by atoms with Crippen LogP contribution in [0, 0.1) is 0 Å². The van der Waals surface area contributed by atoms with Crippen molar-refractivity contribution in [2.45, 2.75) is 9.92 Å². The van der Waals surface area contributed by atoms with Crippen molar-refractivity contribution in [3.05, 3.63) is 54.6 Å². The Morgan fingerprint density at radius 2 is 1.47 bits per heavy atom. The first kappa shape index (κ1) is 21.5. The second kappa shape index (κ2) is 8.28. The van der Waals surface area contributed by atoms with Gasteiger partial charge in [-0.3, -0.25) is 4.72 Å². The molecule has 0 bridgehead atoms. The predicted molar refractivity (Wildman–Crippen MR) is 111 cm³/mol. The number of sulfonamides is 1. The van der Waals surface area contributed by atoms with E-state index >= 15 is 0 Å². The summed E-state index contributed by atoms with van der Waals surface area (Å²) in [6.07, 6.45) is 1.05. The number of hydrogen-bond acceptors (Lipinski definition) is 8. The monoisotopic (exact) mass is 449 g/mol. The molecule has 0 amide bonds. The smallest absolute Gasteiger partial charge is 0.262 e. The Bertz CT molecular complexity index is 1260. The molecule has 3 rings (SSSR count). The van der Waals surface area contributed by atoms with Gasteiger partial charge < -0.3 is 9.47 Å². The summed E-state index contributed by atoms with van der Waals surface area (Å²) in [6, 6.07) is 13.6. The number of ether oxygens (including phenoxy) is 2. The van der Waals surface area contributed by atoms with Crippen molar-refractivity contribution in [1.82, 2.24) is 10.2 Å². The Morgan fingerprint density at radius 1 is 0.800 bits per heavy atom. The number of nitrogens with zero attached hydrogens (tertiary/aromatic N) is 2. The first-order chi connectivity index (χ1) is 14.1. The van der Waals surface area contributed by atoms with Crippen LogP contribution in [0.1, 0.15) is 0 Å². The van der Waals surface area contributed by atoms with Gasteiger partial charge in [0.2, 0.25) is 0 Å². The summed E-state index contributed by atoms with van der Waals surface area (Å²) in [6.45, 7) is 0. The molecule has 158 valence electrons. The lowest BCUT2D eigenvalue weighted by molar-refractivity contribution is 0.354. The van der Waals surface area contributed by atoms with E-state index in [1.54, 1.807) is 24.3 Å². The summed E-state index contributed by atoms with van der Waals surface area (Å²) in [5, 5.41) is 7.50. The average molecular weight is 450 g/mol. The van der Waals surface area contributed by atoms with E-state index in [1.807, 2.05) is 0 Å². The fraction of sp³-hybridized carbons (Fsp3) is 0.158. The molecular weight excluding hydrogens is 430 g/mol. The molecule has 0 aliphatic heterocycles. The maximum absolute atomic E-state index is 12.7. The number of anilines is 1. The lowest BCUT2D eigenvalue weighted by Gasteiger charge is -2.12. The van der Waals surface area contributed by atoms with Gasteiger partial charge in [-0.05, 0) is 36.4 Å². The fourth-order valence-electron chi connectivity index (χ4n) is 2.58. The second-order valence-corrected chi connectivity index (χ2v) is 9.87. The topological polar surface area (TPSA) is 125 Å². The van der Waals surface area contributed by atoms with E-state index in [0.717, 1.165) is 6.26 Å². The highest BCUT2D eigenvalue weighted by molar-refractivity contribution is 7.92. The van der Waals surface area contributed by atoms with E-state index in [0.29, 0.717) is 28.4 Å². The van der Waals surface area contributed by atoms with Crippen LogP contribution in [0.4, 0.5) is 5.69 Å². The molecule has 0 aliphatic rings. The Kier molecular flexibility index (Phi) is 5.94. The first-order valence-electron chi connectivity index (χ1n) is 8.53. The third-order valence-electron chi connectivity index (χ3n) is 4.12. The molecule has 1 aromatic heterocycles. The highest BCUT2D eigenvalue weighted by Gasteiger charge is 2.17. The van der Waals surface area contributed by atoms with Gasteiger partial charge in [0.1, 0.15) is 0 Å². The highest BCUT2D eigenvalue weighted by Crippen LogP contribution is 2.30. The third-order valence-corrected chi connectivity index (χ3v) is 6.47. The van der Waals surface area contributed by atoms with E-state index in [-0.39, 0.29) is 9.92 Å². The minimum Gasteiger partial charge on any atom is -0.493 e. The van der Waals surface area contributed by atoms with Gasteiger partial charge in [-0.1, -0.05) is 12.1 Å². The second-order valence-electron chi connectivity index (χ2n) is 6.23. The highest BCUT2D eigenvalue weighted by atomic mass is 32.2. The average Bonchev–Trinajstić information content (AvgIpc) is 2.73. The zero-order valence-corrected chi connectivity index (χ0v) is 18.0. The molecule has 0 unspecified atom stereocenters. The normalized spacial score (nSPS) is 11.7. The van der Waals surface area contributed by atoms with Crippen molar-refractivity contribution < 1.29 is 26.3 Å². The van der Waals surface area contributed by atoms with Crippen LogP contribution in [-0.4, -0.2) is 47.5 Å². The maximum Gasteiger partial charge on any atom is 0.262 e. The quantitative estimate of drug-likeness (QED) is 0.583. The molecule has 0 saturated heterocycles. The lowest BCUT2D eigenvalue weighted by atomic mass is 10.1. The molecule has 3 aromatic rings. The standard InChI is InChI=1S/C19H19N3O6S2/c1-27-17-10-8-15(12-18(17)28-2)30(25,26)22-14-6-4-13(5-7-14)16-9-11-19(21-20-16)29(3,23)24/h4-12,22H,1-3H3. The van der Waals surface area contributed by atoms with Crippen LogP contribution in [0.2, 0.25) is 0 Å². The summed E-state index contributed by atoms with van der Waals surface area (Å²) in [7, 11) is -4.40.